The van der Waals surface area contributed by atoms with E-state index in [1.54, 1.807) is 16.9 Å². The Morgan fingerprint density at radius 1 is 1.07 bits per heavy atom. The Morgan fingerprint density at radius 3 is 2.52 bits per heavy atom. The Bertz CT molecular complexity index is 917. The third-order valence-corrected chi connectivity index (χ3v) is 4.36. The minimum atomic E-state index is -0.316. The number of hydrogen-bond donors (Lipinski definition) is 1. The van der Waals surface area contributed by atoms with Crippen LogP contribution in [-0.2, 0) is 13.0 Å². The number of nitrogens with zero attached hydrogens (tertiary/aromatic N) is 3. The minimum Gasteiger partial charge on any atom is -0.268 e. The number of carbonyl (C=O) groups excluding carboxylic acids is 1. The van der Waals surface area contributed by atoms with Crippen LogP contribution in [0.15, 0.2) is 72.0 Å². The number of hydrogen-bond acceptors (Lipinski definition) is 3. The molecule has 3 rings (SSSR count). The molecule has 27 heavy (non-hydrogen) atoms. The second-order valence-corrected chi connectivity index (χ2v) is 6.60. The second-order valence-electron chi connectivity index (χ2n) is 6.16. The van der Waals surface area contributed by atoms with Crippen LogP contribution in [0.3, 0.4) is 0 Å². The largest absolute Gasteiger partial charge is 0.291 e. The highest BCUT2D eigenvalue weighted by Gasteiger charge is 2.10. The molecule has 2 aromatic carbocycles. The Hall–Kier alpha value is -2.92. The normalized spacial score (nSPS) is 11.4. The maximum absolute atomic E-state index is 12.3. The van der Waals surface area contributed by atoms with E-state index in [2.05, 4.69) is 15.6 Å². The summed E-state index contributed by atoms with van der Waals surface area (Å²) in [7, 11) is 0. The topological polar surface area (TPSA) is 59.3 Å². The molecule has 0 saturated heterocycles. The number of amides is 1. The predicted octanol–water partition coefficient (Wildman–Crippen LogP) is 4.32. The third-order valence-electron chi connectivity index (χ3n) is 4.11. The Morgan fingerprint density at radius 2 is 1.81 bits per heavy atom. The molecule has 1 heterocycles. The predicted molar refractivity (Wildman–Crippen MR) is 108 cm³/mol. The first kappa shape index (κ1) is 18.9. The van der Waals surface area contributed by atoms with Gasteiger partial charge in [-0.3, -0.25) is 9.48 Å². The lowest BCUT2D eigenvalue weighted by molar-refractivity contribution is 0.0949. The highest BCUT2D eigenvalue weighted by atomic mass is 35.5. The first-order valence-corrected chi connectivity index (χ1v) is 9.19. The van der Waals surface area contributed by atoms with Gasteiger partial charge in [0.2, 0.25) is 0 Å². The molecule has 0 aliphatic rings. The van der Waals surface area contributed by atoms with Crippen molar-refractivity contribution in [2.24, 2.45) is 5.10 Å². The summed E-state index contributed by atoms with van der Waals surface area (Å²) >= 11 is 5.90. The van der Waals surface area contributed by atoms with Crippen LogP contribution in [0, 0.1) is 0 Å². The number of carbonyl (C=O) groups is 1. The van der Waals surface area contributed by atoms with Gasteiger partial charge in [-0.2, -0.15) is 10.2 Å². The van der Waals surface area contributed by atoms with Gasteiger partial charge >= 0.3 is 0 Å². The molecule has 0 unspecified atom stereocenters. The molecule has 0 atom stereocenters. The molecule has 1 N–H and O–H groups in total. The van der Waals surface area contributed by atoms with Crippen LogP contribution in [0.25, 0.3) is 0 Å². The number of aromatic nitrogens is 2. The van der Waals surface area contributed by atoms with E-state index in [0.29, 0.717) is 23.7 Å². The zero-order valence-electron chi connectivity index (χ0n) is 15.1. The van der Waals surface area contributed by atoms with Crippen molar-refractivity contribution in [1.29, 1.82) is 0 Å². The van der Waals surface area contributed by atoms with Gasteiger partial charge in [0.1, 0.15) is 0 Å². The van der Waals surface area contributed by atoms with Gasteiger partial charge in [-0.1, -0.05) is 61.0 Å². The molecule has 0 radical (unpaired) electrons. The van der Waals surface area contributed by atoms with E-state index in [1.807, 2.05) is 61.5 Å². The fraction of sp³-hybridized carbons (Fsp3) is 0.190. The maximum atomic E-state index is 12.3. The molecule has 1 amide bonds. The van der Waals surface area contributed by atoms with Crippen molar-refractivity contribution in [2.75, 3.05) is 0 Å². The van der Waals surface area contributed by atoms with Gasteiger partial charge in [-0.25, -0.2) is 5.43 Å². The number of nitrogens with one attached hydrogen (secondary N) is 1. The fourth-order valence-corrected chi connectivity index (χ4v) is 2.74. The third kappa shape index (κ3) is 5.53. The molecular formula is C21H21ClN4O. The monoisotopic (exact) mass is 380 g/mol. The van der Waals surface area contributed by atoms with E-state index in [-0.39, 0.29) is 5.91 Å². The maximum Gasteiger partial charge on any atom is 0.291 e. The standard InChI is InChI=1S/C21H21ClN4O/c1-2-19(14-16-6-4-3-5-7-16)23-24-21(27)20-12-13-26(25-20)15-17-8-10-18(22)11-9-17/h3-13H,2,14-15H2,1H3,(H,24,27)/b23-19+. The summed E-state index contributed by atoms with van der Waals surface area (Å²) in [5.41, 5.74) is 6.08. The van der Waals surface area contributed by atoms with Gasteiger partial charge in [0, 0.05) is 23.4 Å². The smallest absolute Gasteiger partial charge is 0.268 e. The van der Waals surface area contributed by atoms with E-state index in [0.717, 1.165) is 17.7 Å². The quantitative estimate of drug-likeness (QED) is 0.490. The summed E-state index contributed by atoms with van der Waals surface area (Å²) < 4.78 is 1.71. The van der Waals surface area contributed by atoms with Crippen molar-refractivity contribution in [2.45, 2.75) is 26.3 Å². The van der Waals surface area contributed by atoms with Crippen LogP contribution >= 0.6 is 11.6 Å². The molecule has 0 aliphatic heterocycles. The van der Waals surface area contributed by atoms with E-state index in [4.69, 9.17) is 11.6 Å². The molecule has 1 aromatic heterocycles. The average molecular weight is 381 g/mol. The summed E-state index contributed by atoms with van der Waals surface area (Å²) in [5, 5.41) is 9.28. The van der Waals surface area contributed by atoms with Crippen LogP contribution in [0.5, 0.6) is 0 Å². The number of hydrazone groups is 1. The van der Waals surface area contributed by atoms with Crippen molar-refractivity contribution in [3.05, 3.63) is 88.7 Å². The molecule has 0 fully saturated rings. The summed E-state index contributed by atoms with van der Waals surface area (Å²) in [6.45, 7) is 2.59. The fourth-order valence-electron chi connectivity index (χ4n) is 2.61. The molecule has 0 saturated carbocycles. The van der Waals surface area contributed by atoms with Crippen LogP contribution in [0.4, 0.5) is 0 Å². The van der Waals surface area contributed by atoms with E-state index in [9.17, 15) is 4.79 Å². The van der Waals surface area contributed by atoms with Gasteiger partial charge < -0.3 is 0 Å². The lowest BCUT2D eigenvalue weighted by Gasteiger charge is -2.05. The van der Waals surface area contributed by atoms with E-state index >= 15 is 0 Å². The molecular weight excluding hydrogens is 360 g/mol. The van der Waals surface area contributed by atoms with Crippen molar-refractivity contribution < 1.29 is 4.79 Å². The second kappa shape index (κ2) is 9.14. The lowest BCUT2D eigenvalue weighted by Crippen LogP contribution is -2.21. The summed E-state index contributed by atoms with van der Waals surface area (Å²) in [4.78, 5) is 12.3. The summed E-state index contributed by atoms with van der Waals surface area (Å²) in [5.74, 6) is -0.316. The number of rotatable bonds is 7. The van der Waals surface area contributed by atoms with Crippen molar-refractivity contribution in [1.82, 2.24) is 15.2 Å². The molecule has 5 nitrogen and oxygen atoms in total. The minimum absolute atomic E-state index is 0.316. The molecule has 6 heteroatoms. The van der Waals surface area contributed by atoms with Gasteiger partial charge in [-0.05, 0) is 35.7 Å². The van der Waals surface area contributed by atoms with E-state index in [1.165, 1.54) is 5.56 Å². The summed E-state index contributed by atoms with van der Waals surface area (Å²) in [6.07, 6.45) is 3.25. The van der Waals surface area contributed by atoms with E-state index < -0.39 is 0 Å². The van der Waals surface area contributed by atoms with Gasteiger partial charge in [-0.15, -0.1) is 0 Å². The lowest BCUT2D eigenvalue weighted by atomic mass is 10.1. The molecule has 0 bridgehead atoms. The van der Waals surface area contributed by atoms with Crippen LogP contribution in [0.1, 0.15) is 35.0 Å². The molecule has 0 spiro atoms. The van der Waals surface area contributed by atoms with Crippen LogP contribution in [-0.4, -0.2) is 21.4 Å². The zero-order chi connectivity index (χ0) is 19.1. The average Bonchev–Trinajstić information content (AvgIpc) is 3.16. The van der Waals surface area contributed by atoms with Crippen molar-refractivity contribution in [3.8, 4) is 0 Å². The number of halogens is 1. The Balaban J connectivity index is 1.60. The zero-order valence-corrected chi connectivity index (χ0v) is 15.9. The Labute approximate surface area is 163 Å². The van der Waals surface area contributed by atoms with Crippen LogP contribution < -0.4 is 5.43 Å². The Kier molecular flexibility index (Phi) is 6.39. The van der Waals surface area contributed by atoms with Gasteiger partial charge in [0.25, 0.3) is 5.91 Å². The first-order chi connectivity index (χ1) is 13.1. The molecule has 138 valence electrons. The summed E-state index contributed by atoms with van der Waals surface area (Å²) in [6, 6.07) is 19.3. The van der Waals surface area contributed by atoms with Gasteiger partial charge in [0.15, 0.2) is 5.69 Å². The van der Waals surface area contributed by atoms with Crippen LogP contribution in [0.2, 0.25) is 5.02 Å². The molecule has 3 aromatic rings. The highest BCUT2D eigenvalue weighted by molar-refractivity contribution is 6.30. The van der Waals surface area contributed by atoms with Gasteiger partial charge in [0.05, 0.1) is 6.54 Å². The van der Waals surface area contributed by atoms with Crippen molar-refractivity contribution >= 4 is 23.2 Å². The molecule has 0 aliphatic carbocycles. The number of benzene rings is 2. The van der Waals surface area contributed by atoms with Crippen molar-refractivity contribution in [3.63, 3.8) is 0 Å². The highest BCUT2D eigenvalue weighted by Crippen LogP contribution is 2.11. The first-order valence-electron chi connectivity index (χ1n) is 8.81. The SMILES string of the molecule is CC/C(Cc1ccccc1)=N\NC(=O)c1ccn(Cc2ccc(Cl)cc2)n1.